The second-order valence-electron chi connectivity index (χ2n) is 8.03. The lowest BCUT2D eigenvalue weighted by molar-refractivity contribution is 0.257. The lowest BCUT2D eigenvalue weighted by atomic mass is 9.71. The minimum atomic E-state index is 0. The Labute approximate surface area is 179 Å². The van der Waals surface area contributed by atoms with E-state index in [1.54, 1.807) is 5.56 Å². The molecule has 2 nitrogen and oxygen atoms in total. The lowest BCUT2D eigenvalue weighted by Gasteiger charge is -2.38. The third-order valence-electron chi connectivity index (χ3n) is 6.02. The molecule has 1 fully saturated rings. The minimum Gasteiger partial charge on any atom is -0.316 e. The smallest absolute Gasteiger partial charge is 0.0345 e. The summed E-state index contributed by atoms with van der Waals surface area (Å²) in [6.07, 6.45) is 5.10. The van der Waals surface area contributed by atoms with Crippen LogP contribution in [-0.2, 0) is 12.0 Å². The van der Waals surface area contributed by atoms with Crippen LogP contribution in [0.25, 0.3) is 10.1 Å². The van der Waals surface area contributed by atoms with Crippen LogP contribution < -0.4 is 5.32 Å². The Morgan fingerprint density at radius 3 is 2.64 bits per heavy atom. The van der Waals surface area contributed by atoms with Gasteiger partial charge in [0, 0.05) is 23.2 Å². The first kappa shape index (κ1) is 21.3. The van der Waals surface area contributed by atoms with Crippen molar-refractivity contribution >= 4 is 33.8 Å². The van der Waals surface area contributed by atoms with Gasteiger partial charge in [0.25, 0.3) is 0 Å². The number of hydrogen-bond acceptors (Lipinski definition) is 3. The predicted octanol–water partition coefficient (Wildman–Crippen LogP) is 5.86. The maximum Gasteiger partial charge on any atom is 0.0345 e. The molecule has 0 bridgehead atoms. The molecule has 1 aliphatic rings. The normalized spacial score (nSPS) is 19.6. The summed E-state index contributed by atoms with van der Waals surface area (Å²) >= 11 is 1.91. The first-order chi connectivity index (χ1) is 13.3. The van der Waals surface area contributed by atoms with Gasteiger partial charge in [-0.05, 0) is 73.8 Å². The molecule has 2 aromatic carbocycles. The van der Waals surface area contributed by atoms with E-state index in [1.165, 1.54) is 41.3 Å². The van der Waals surface area contributed by atoms with Gasteiger partial charge in [-0.1, -0.05) is 48.5 Å². The Morgan fingerprint density at radius 2 is 1.86 bits per heavy atom. The standard InChI is InChI=1S/C24H30N2S.ClH/c1-26(17-20-9-3-2-4-10-20)16-8-14-24(13-7-15-25-19-24)22-18-27-23-12-6-5-11-21(22)23;/h2-6,9-12,18,25H,7-8,13-17,19H2,1H3;1H. The van der Waals surface area contributed by atoms with Gasteiger partial charge in [0.15, 0.2) is 0 Å². The van der Waals surface area contributed by atoms with E-state index in [0.717, 1.165) is 26.2 Å². The van der Waals surface area contributed by atoms with Crippen LogP contribution in [0.3, 0.4) is 0 Å². The highest BCUT2D eigenvalue weighted by Gasteiger charge is 2.35. The van der Waals surface area contributed by atoms with Crippen molar-refractivity contribution in [3.05, 3.63) is 71.1 Å². The van der Waals surface area contributed by atoms with Crippen LogP contribution in [0.5, 0.6) is 0 Å². The summed E-state index contributed by atoms with van der Waals surface area (Å²) < 4.78 is 1.43. The highest BCUT2D eigenvalue weighted by molar-refractivity contribution is 7.17. The molecule has 4 rings (SSSR count). The molecule has 0 radical (unpaired) electrons. The van der Waals surface area contributed by atoms with Crippen LogP contribution in [0, 0.1) is 0 Å². The largest absolute Gasteiger partial charge is 0.316 e. The molecule has 2 heterocycles. The monoisotopic (exact) mass is 414 g/mol. The lowest BCUT2D eigenvalue weighted by Crippen LogP contribution is -2.43. The Bertz CT molecular complexity index is 855. The van der Waals surface area contributed by atoms with Gasteiger partial charge in [-0.25, -0.2) is 0 Å². The maximum absolute atomic E-state index is 3.70. The minimum absolute atomic E-state index is 0. The van der Waals surface area contributed by atoms with E-state index >= 15 is 0 Å². The summed E-state index contributed by atoms with van der Waals surface area (Å²) in [6, 6.07) is 19.7. The summed E-state index contributed by atoms with van der Waals surface area (Å²) in [5.74, 6) is 0. The quantitative estimate of drug-likeness (QED) is 0.521. The van der Waals surface area contributed by atoms with Crippen LogP contribution in [0.2, 0.25) is 0 Å². The summed E-state index contributed by atoms with van der Waals surface area (Å²) in [4.78, 5) is 2.46. The molecular weight excluding hydrogens is 384 g/mol. The molecule has 4 heteroatoms. The van der Waals surface area contributed by atoms with Gasteiger partial charge in [-0.2, -0.15) is 0 Å². The van der Waals surface area contributed by atoms with Gasteiger partial charge in [-0.3, -0.25) is 0 Å². The van der Waals surface area contributed by atoms with Crippen molar-refractivity contribution in [2.45, 2.75) is 37.6 Å². The topological polar surface area (TPSA) is 15.3 Å². The molecule has 28 heavy (non-hydrogen) atoms. The summed E-state index contributed by atoms with van der Waals surface area (Å²) in [5.41, 5.74) is 3.28. The molecule has 1 aliphatic heterocycles. The fourth-order valence-electron chi connectivity index (χ4n) is 4.60. The number of rotatable bonds is 7. The number of fused-ring (bicyclic) bond motifs is 1. The third kappa shape index (κ3) is 4.77. The van der Waals surface area contributed by atoms with Crippen molar-refractivity contribution in [2.75, 3.05) is 26.7 Å². The Kier molecular flexibility index (Phi) is 7.53. The maximum atomic E-state index is 3.70. The number of halogens is 1. The molecular formula is C24H31ClN2S. The van der Waals surface area contributed by atoms with Crippen molar-refractivity contribution in [3.8, 4) is 0 Å². The zero-order valence-electron chi connectivity index (χ0n) is 16.7. The first-order valence-corrected chi connectivity index (χ1v) is 11.0. The van der Waals surface area contributed by atoms with Crippen LogP contribution in [0.15, 0.2) is 60.0 Å². The molecule has 0 spiro atoms. The SMILES string of the molecule is CN(CCCC1(c2csc3ccccc23)CCCNC1)Cc1ccccc1.Cl. The van der Waals surface area contributed by atoms with Crippen molar-refractivity contribution in [2.24, 2.45) is 0 Å². The molecule has 3 aromatic rings. The van der Waals surface area contributed by atoms with Gasteiger partial charge in [-0.15, -0.1) is 23.7 Å². The molecule has 0 saturated carbocycles. The van der Waals surface area contributed by atoms with Crippen molar-refractivity contribution in [1.29, 1.82) is 0 Å². The molecule has 1 aromatic heterocycles. The van der Waals surface area contributed by atoms with Crippen molar-refractivity contribution in [3.63, 3.8) is 0 Å². The third-order valence-corrected chi connectivity index (χ3v) is 6.98. The average molecular weight is 415 g/mol. The molecule has 1 saturated heterocycles. The van der Waals surface area contributed by atoms with Gasteiger partial charge in [0.05, 0.1) is 0 Å². The molecule has 1 N–H and O–H groups in total. The van der Waals surface area contributed by atoms with E-state index in [-0.39, 0.29) is 12.4 Å². The first-order valence-electron chi connectivity index (χ1n) is 10.2. The van der Waals surface area contributed by atoms with E-state index in [9.17, 15) is 0 Å². The van der Waals surface area contributed by atoms with Crippen LogP contribution in [0.4, 0.5) is 0 Å². The van der Waals surface area contributed by atoms with E-state index in [0.29, 0.717) is 5.41 Å². The highest BCUT2D eigenvalue weighted by Crippen LogP contribution is 2.42. The molecule has 0 amide bonds. The number of piperidine rings is 1. The van der Waals surface area contributed by atoms with Gasteiger partial charge >= 0.3 is 0 Å². The average Bonchev–Trinajstić information content (AvgIpc) is 3.14. The Hall–Kier alpha value is -1.39. The van der Waals surface area contributed by atoms with Crippen molar-refractivity contribution in [1.82, 2.24) is 10.2 Å². The summed E-state index contributed by atoms with van der Waals surface area (Å²) in [5, 5.41) is 7.61. The number of hydrogen-bond donors (Lipinski definition) is 1. The second kappa shape index (κ2) is 9.89. The van der Waals surface area contributed by atoms with E-state index < -0.39 is 0 Å². The molecule has 0 aliphatic carbocycles. The zero-order valence-corrected chi connectivity index (χ0v) is 18.3. The van der Waals surface area contributed by atoms with E-state index in [4.69, 9.17) is 0 Å². The van der Waals surface area contributed by atoms with E-state index in [1.807, 2.05) is 11.3 Å². The number of nitrogens with one attached hydrogen (secondary N) is 1. The van der Waals surface area contributed by atoms with Gasteiger partial charge in [0.1, 0.15) is 0 Å². The van der Waals surface area contributed by atoms with Crippen LogP contribution in [-0.4, -0.2) is 31.6 Å². The van der Waals surface area contributed by atoms with Gasteiger partial charge < -0.3 is 10.2 Å². The summed E-state index contributed by atoms with van der Waals surface area (Å²) in [6.45, 7) is 4.47. The summed E-state index contributed by atoms with van der Waals surface area (Å²) in [7, 11) is 2.25. The van der Waals surface area contributed by atoms with Gasteiger partial charge in [0.2, 0.25) is 0 Å². The fourth-order valence-corrected chi connectivity index (χ4v) is 5.68. The molecule has 150 valence electrons. The van der Waals surface area contributed by atoms with Crippen LogP contribution in [0.1, 0.15) is 36.8 Å². The Balaban J connectivity index is 0.00000225. The van der Waals surface area contributed by atoms with E-state index in [2.05, 4.69) is 77.2 Å². The second-order valence-corrected chi connectivity index (χ2v) is 8.94. The molecule has 1 atom stereocenters. The van der Waals surface area contributed by atoms with Crippen LogP contribution >= 0.6 is 23.7 Å². The highest BCUT2D eigenvalue weighted by atomic mass is 35.5. The number of benzene rings is 2. The fraction of sp³-hybridized carbons (Fsp3) is 0.417. The zero-order chi connectivity index (χ0) is 18.5. The number of nitrogens with zero attached hydrogens (tertiary/aromatic N) is 1. The molecule has 1 unspecified atom stereocenters. The number of thiophene rings is 1. The Morgan fingerprint density at radius 1 is 1.07 bits per heavy atom. The van der Waals surface area contributed by atoms with Crippen molar-refractivity contribution < 1.29 is 0 Å². The predicted molar refractivity (Wildman–Crippen MR) is 125 cm³/mol.